The van der Waals surface area contributed by atoms with Gasteiger partial charge in [0.2, 0.25) is 5.91 Å². The first kappa shape index (κ1) is 25.0. The van der Waals surface area contributed by atoms with Crippen molar-refractivity contribution in [3.8, 4) is 5.75 Å². The number of aryl methyl sites for hydroxylation is 1. The first-order valence-electron chi connectivity index (χ1n) is 10.4. The number of amides is 2. The number of hydrogen-bond acceptors (Lipinski definition) is 3. The van der Waals surface area contributed by atoms with Crippen LogP contribution >= 0.6 is 23.2 Å². The minimum absolute atomic E-state index is 0.165. The second-order valence-corrected chi connectivity index (χ2v) is 8.78. The molecule has 0 saturated carbocycles. The van der Waals surface area contributed by atoms with Crippen LogP contribution in [0.2, 0.25) is 10.0 Å². The largest absolute Gasteiger partial charge is 0.482 e. The molecule has 168 valence electrons. The van der Waals surface area contributed by atoms with Crippen LogP contribution in [0, 0.1) is 12.8 Å². The number of nitrogens with one attached hydrogen (secondary N) is 1. The molecular formula is C24H30Cl2N2O3. The smallest absolute Gasteiger partial charge is 0.261 e. The molecule has 1 N–H and O–H groups in total. The minimum atomic E-state index is -0.601. The predicted octanol–water partition coefficient (Wildman–Crippen LogP) is 5.26. The van der Waals surface area contributed by atoms with Crippen molar-refractivity contribution < 1.29 is 14.3 Å². The SMILES string of the molecule is CC[C@@H](C(=O)NCC(C)C)N(Cc1cccc(C)c1)C(=O)COc1ccc(Cl)cc1Cl. The second-order valence-electron chi connectivity index (χ2n) is 7.94. The van der Waals surface area contributed by atoms with Gasteiger partial charge in [-0.3, -0.25) is 9.59 Å². The molecule has 0 aliphatic heterocycles. The molecule has 0 fully saturated rings. The zero-order valence-electron chi connectivity index (χ0n) is 18.5. The van der Waals surface area contributed by atoms with Crippen molar-refractivity contribution in [3.05, 3.63) is 63.6 Å². The van der Waals surface area contributed by atoms with Gasteiger partial charge in [0.05, 0.1) is 5.02 Å². The monoisotopic (exact) mass is 464 g/mol. The fourth-order valence-corrected chi connectivity index (χ4v) is 3.63. The Morgan fingerprint density at radius 3 is 2.48 bits per heavy atom. The van der Waals surface area contributed by atoms with Crippen LogP contribution in [0.3, 0.4) is 0 Å². The second kappa shape index (κ2) is 12.0. The summed E-state index contributed by atoms with van der Waals surface area (Å²) in [5, 5.41) is 3.76. The quantitative estimate of drug-likeness (QED) is 0.521. The molecule has 7 heteroatoms. The predicted molar refractivity (Wildman–Crippen MR) is 126 cm³/mol. The average molecular weight is 465 g/mol. The lowest BCUT2D eigenvalue weighted by molar-refractivity contribution is -0.143. The van der Waals surface area contributed by atoms with E-state index in [1.165, 1.54) is 0 Å². The molecule has 31 heavy (non-hydrogen) atoms. The number of halogens is 2. The Morgan fingerprint density at radius 2 is 1.87 bits per heavy atom. The number of rotatable bonds is 10. The van der Waals surface area contributed by atoms with Gasteiger partial charge in [0.1, 0.15) is 11.8 Å². The third kappa shape index (κ3) is 7.75. The molecule has 0 bridgehead atoms. The van der Waals surface area contributed by atoms with E-state index in [1.807, 2.05) is 52.0 Å². The van der Waals surface area contributed by atoms with Crippen LogP contribution in [0.15, 0.2) is 42.5 Å². The fraction of sp³-hybridized carbons (Fsp3) is 0.417. The zero-order valence-corrected chi connectivity index (χ0v) is 20.0. The van der Waals surface area contributed by atoms with Gasteiger partial charge >= 0.3 is 0 Å². The lowest BCUT2D eigenvalue weighted by Crippen LogP contribution is -2.50. The summed E-state index contributed by atoms with van der Waals surface area (Å²) in [6, 6.07) is 12.1. The molecule has 1 atom stereocenters. The topological polar surface area (TPSA) is 58.6 Å². The third-order valence-electron chi connectivity index (χ3n) is 4.75. The lowest BCUT2D eigenvalue weighted by Gasteiger charge is -2.31. The van der Waals surface area contributed by atoms with Crippen LogP contribution < -0.4 is 10.1 Å². The Labute approximate surface area is 194 Å². The van der Waals surface area contributed by atoms with E-state index >= 15 is 0 Å². The van der Waals surface area contributed by atoms with Gasteiger partial charge < -0.3 is 15.0 Å². The highest BCUT2D eigenvalue weighted by atomic mass is 35.5. The summed E-state index contributed by atoms with van der Waals surface area (Å²) in [6.45, 7) is 8.58. The summed E-state index contributed by atoms with van der Waals surface area (Å²) >= 11 is 12.1. The summed E-state index contributed by atoms with van der Waals surface area (Å²) in [5.41, 5.74) is 2.04. The molecule has 5 nitrogen and oxygen atoms in total. The van der Waals surface area contributed by atoms with Gasteiger partial charge in [-0.05, 0) is 43.0 Å². The molecule has 0 radical (unpaired) electrons. The van der Waals surface area contributed by atoms with Crippen LogP contribution in [0.5, 0.6) is 5.75 Å². The molecule has 2 aromatic rings. The van der Waals surface area contributed by atoms with Crippen LogP contribution in [0.1, 0.15) is 38.3 Å². The van der Waals surface area contributed by atoms with Crippen LogP contribution in [0.4, 0.5) is 0 Å². The van der Waals surface area contributed by atoms with Crippen molar-refractivity contribution in [2.24, 2.45) is 5.92 Å². The van der Waals surface area contributed by atoms with E-state index in [9.17, 15) is 9.59 Å². The van der Waals surface area contributed by atoms with Gasteiger partial charge in [-0.15, -0.1) is 0 Å². The Kier molecular flexibility index (Phi) is 9.66. The summed E-state index contributed by atoms with van der Waals surface area (Å²) < 4.78 is 5.66. The van der Waals surface area contributed by atoms with E-state index in [0.717, 1.165) is 11.1 Å². The number of carbonyl (C=O) groups excluding carboxylic acids is 2. The molecule has 0 spiro atoms. The highest BCUT2D eigenvalue weighted by molar-refractivity contribution is 6.35. The number of hydrogen-bond donors (Lipinski definition) is 1. The van der Waals surface area contributed by atoms with Crippen LogP contribution in [0.25, 0.3) is 0 Å². The Hall–Kier alpha value is -2.24. The summed E-state index contributed by atoms with van der Waals surface area (Å²) in [4.78, 5) is 27.6. The van der Waals surface area contributed by atoms with Crippen molar-refractivity contribution in [1.29, 1.82) is 0 Å². The highest BCUT2D eigenvalue weighted by Crippen LogP contribution is 2.27. The zero-order chi connectivity index (χ0) is 23.0. The Morgan fingerprint density at radius 1 is 1.13 bits per heavy atom. The van der Waals surface area contributed by atoms with E-state index in [0.29, 0.717) is 41.2 Å². The number of ether oxygens (including phenoxy) is 1. The van der Waals surface area contributed by atoms with E-state index in [4.69, 9.17) is 27.9 Å². The minimum Gasteiger partial charge on any atom is -0.482 e. The highest BCUT2D eigenvalue weighted by Gasteiger charge is 2.29. The van der Waals surface area contributed by atoms with Crippen molar-refractivity contribution in [2.45, 2.75) is 46.7 Å². The molecule has 0 aromatic heterocycles. The molecule has 0 aliphatic carbocycles. The van der Waals surface area contributed by atoms with Crippen LogP contribution in [-0.2, 0) is 16.1 Å². The molecule has 0 unspecified atom stereocenters. The van der Waals surface area contributed by atoms with Gasteiger partial charge in [0.15, 0.2) is 6.61 Å². The molecule has 2 aromatic carbocycles. The number of benzene rings is 2. The Balaban J connectivity index is 2.21. The maximum atomic E-state index is 13.2. The van der Waals surface area contributed by atoms with Gasteiger partial charge in [0.25, 0.3) is 5.91 Å². The first-order valence-corrected chi connectivity index (χ1v) is 11.2. The molecule has 0 heterocycles. The van der Waals surface area contributed by atoms with E-state index in [1.54, 1.807) is 23.1 Å². The van der Waals surface area contributed by atoms with Crippen molar-refractivity contribution in [3.63, 3.8) is 0 Å². The standard InChI is InChI=1S/C24H30Cl2N2O3/c1-5-21(24(30)27-13-16(2)3)28(14-18-8-6-7-17(4)11-18)23(29)15-31-22-10-9-19(25)12-20(22)26/h6-12,16,21H,5,13-15H2,1-4H3,(H,27,30)/t21-/m0/s1. The van der Waals surface area contributed by atoms with Gasteiger partial charge in [-0.2, -0.15) is 0 Å². The van der Waals surface area contributed by atoms with Crippen LogP contribution in [-0.4, -0.2) is 35.9 Å². The maximum absolute atomic E-state index is 13.2. The third-order valence-corrected chi connectivity index (χ3v) is 5.28. The summed E-state index contributed by atoms with van der Waals surface area (Å²) in [7, 11) is 0. The van der Waals surface area contributed by atoms with E-state index in [2.05, 4.69) is 5.32 Å². The lowest BCUT2D eigenvalue weighted by atomic mass is 10.1. The molecule has 2 rings (SSSR count). The van der Waals surface area contributed by atoms with E-state index < -0.39 is 6.04 Å². The molecule has 0 aliphatic rings. The number of carbonyl (C=O) groups is 2. The van der Waals surface area contributed by atoms with E-state index in [-0.39, 0.29) is 18.4 Å². The summed E-state index contributed by atoms with van der Waals surface area (Å²) in [5.74, 6) is 0.228. The molecule has 0 saturated heterocycles. The average Bonchev–Trinajstić information content (AvgIpc) is 2.71. The van der Waals surface area contributed by atoms with Gasteiger partial charge in [0, 0.05) is 18.1 Å². The Bertz CT molecular complexity index is 902. The van der Waals surface area contributed by atoms with Gasteiger partial charge in [-0.1, -0.05) is 73.8 Å². The van der Waals surface area contributed by atoms with Crippen molar-refractivity contribution in [2.75, 3.05) is 13.2 Å². The number of nitrogens with zero attached hydrogens (tertiary/aromatic N) is 1. The van der Waals surface area contributed by atoms with Gasteiger partial charge in [-0.25, -0.2) is 0 Å². The molecular weight excluding hydrogens is 435 g/mol. The normalized spacial score (nSPS) is 11.8. The first-order chi connectivity index (χ1) is 14.7. The fourth-order valence-electron chi connectivity index (χ4n) is 3.16. The molecule has 2 amide bonds. The van der Waals surface area contributed by atoms with Crippen molar-refractivity contribution >= 4 is 35.0 Å². The van der Waals surface area contributed by atoms with Crippen molar-refractivity contribution in [1.82, 2.24) is 10.2 Å². The summed E-state index contributed by atoms with van der Waals surface area (Å²) in [6.07, 6.45) is 0.489. The maximum Gasteiger partial charge on any atom is 0.261 e.